The van der Waals surface area contributed by atoms with Crippen molar-refractivity contribution in [1.29, 1.82) is 0 Å². The predicted molar refractivity (Wildman–Crippen MR) is 76.3 cm³/mol. The molecular weight excluding hydrogens is 274 g/mol. The summed E-state index contributed by atoms with van der Waals surface area (Å²) in [6.07, 6.45) is 1.15. The van der Waals surface area contributed by atoms with E-state index in [-0.39, 0.29) is 11.3 Å². The lowest BCUT2D eigenvalue weighted by Gasteiger charge is -2.07. The van der Waals surface area contributed by atoms with Gasteiger partial charge in [-0.2, -0.15) is 5.10 Å². The number of nitro groups is 1. The Kier molecular flexibility index (Phi) is 4.22. The highest BCUT2D eigenvalue weighted by molar-refractivity contribution is 5.77. The maximum Gasteiger partial charge on any atom is 0.277 e. The predicted octanol–water partition coefficient (Wildman–Crippen LogP) is 2.04. The highest BCUT2D eigenvalue weighted by Gasteiger charge is 2.12. The van der Waals surface area contributed by atoms with Gasteiger partial charge in [-0.25, -0.2) is 4.68 Å². The Morgan fingerprint density at radius 3 is 2.76 bits per heavy atom. The molecule has 0 N–H and O–H groups in total. The highest BCUT2D eigenvalue weighted by atomic mass is 16.6. The van der Waals surface area contributed by atoms with Crippen molar-refractivity contribution >= 4 is 12.0 Å². The first-order chi connectivity index (χ1) is 10.1. The van der Waals surface area contributed by atoms with E-state index in [2.05, 4.69) is 5.10 Å². The van der Waals surface area contributed by atoms with Crippen LogP contribution in [-0.2, 0) is 6.54 Å². The van der Waals surface area contributed by atoms with Crippen molar-refractivity contribution in [3.05, 3.63) is 56.4 Å². The zero-order valence-electron chi connectivity index (χ0n) is 11.4. The van der Waals surface area contributed by atoms with Crippen LogP contribution >= 0.6 is 0 Å². The minimum absolute atomic E-state index is 0.0139. The Balaban J connectivity index is 2.60. The fraction of sp³-hybridized carbons (Fsp3) is 0.214. The van der Waals surface area contributed by atoms with Gasteiger partial charge in [0.1, 0.15) is 0 Å². The van der Waals surface area contributed by atoms with Gasteiger partial charge in [-0.1, -0.05) is 19.1 Å². The fourth-order valence-electron chi connectivity index (χ4n) is 1.93. The lowest BCUT2D eigenvalue weighted by molar-refractivity contribution is -0.384. The monoisotopic (exact) mass is 287 g/mol. The molecular formula is C14H13N3O4. The molecule has 0 aliphatic rings. The molecule has 0 radical (unpaired) electrons. The molecule has 1 aromatic carbocycles. The molecule has 0 fully saturated rings. The van der Waals surface area contributed by atoms with Gasteiger partial charge in [0.25, 0.3) is 11.2 Å². The normalized spacial score (nSPS) is 10.3. The Morgan fingerprint density at radius 1 is 1.38 bits per heavy atom. The third-order valence-corrected chi connectivity index (χ3v) is 2.92. The maximum absolute atomic E-state index is 11.9. The molecule has 7 heteroatoms. The molecule has 0 spiro atoms. The van der Waals surface area contributed by atoms with Gasteiger partial charge >= 0.3 is 0 Å². The van der Waals surface area contributed by atoms with Crippen molar-refractivity contribution in [2.45, 2.75) is 19.9 Å². The summed E-state index contributed by atoms with van der Waals surface area (Å²) in [5, 5.41) is 15.0. The van der Waals surface area contributed by atoms with Crippen LogP contribution in [0.4, 0.5) is 5.69 Å². The van der Waals surface area contributed by atoms with Crippen LogP contribution in [-0.4, -0.2) is 21.0 Å². The van der Waals surface area contributed by atoms with Crippen molar-refractivity contribution in [3.63, 3.8) is 0 Å². The zero-order chi connectivity index (χ0) is 15.4. The van der Waals surface area contributed by atoms with E-state index in [9.17, 15) is 19.7 Å². The van der Waals surface area contributed by atoms with Crippen molar-refractivity contribution < 1.29 is 9.72 Å². The van der Waals surface area contributed by atoms with E-state index in [4.69, 9.17) is 0 Å². The summed E-state index contributed by atoms with van der Waals surface area (Å²) in [6.45, 7) is 2.26. The van der Waals surface area contributed by atoms with Crippen molar-refractivity contribution in [3.8, 4) is 11.3 Å². The first-order valence-corrected chi connectivity index (χ1v) is 6.39. The minimum Gasteiger partial charge on any atom is -0.298 e. The van der Waals surface area contributed by atoms with Crippen molar-refractivity contribution in [2.24, 2.45) is 0 Å². The van der Waals surface area contributed by atoms with E-state index in [1.165, 1.54) is 28.9 Å². The van der Waals surface area contributed by atoms with Gasteiger partial charge in [-0.3, -0.25) is 19.7 Å². The molecule has 0 aliphatic carbocycles. The number of hydrogen-bond donors (Lipinski definition) is 0. The smallest absolute Gasteiger partial charge is 0.277 e. The lowest BCUT2D eigenvalue weighted by atomic mass is 10.1. The van der Waals surface area contributed by atoms with Crippen LogP contribution in [0.5, 0.6) is 0 Å². The number of carbonyl (C=O) groups excluding carboxylic acids is 1. The van der Waals surface area contributed by atoms with Gasteiger partial charge in [0.2, 0.25) is 0 Å². The molecule has 0 amide bonds. The molecule has 7 nitrogen and oxygen atoms in total. The van der Waals surface area contributed by atoms with Crippen molar-refractivity contribution in [2.75, 3.05) is 0 Å². The summed E-state index contributed by atoms with van der Waals surface area (Å²) in [7, 11) is 0. The number of aldehydes is 1. The molecule has 0 unspecified atom stereocenters. The molecule has 0 saturated heterocycles. The summed E-state index contributed by atoms with van der Waals surface area (Å²) in [5.41, 5.74) is 0.294. The van der Waals surface area contributed by atoms with Crippen LogP contribution in [0.25, 0.3) is 11.3 Å². The van der Waals surface area contributed by atoms with E-state index in [0.29, 0.717) is 30.5 Å². The molecule has 1 aromatic heterocycles. The van der Waals surface area contributed by atoms with Crippen LogP contribution in [0.15, 0.2) is 35.1 Å². The van der Waals surface area contributed by atoms with Crippen LogP contribution < -0.4 is 5.56 Å². The summed E-state index contributed by atoms with van der Waals surface area (Å²) in [5.74, 6) is 0. The number of rotatable bonds is 5. The van der Waals surface area contributed by atoms with Gasteiger partial charge in [0, 0.05) is 24.2 Å². The van der Waals surface area contributed by atoms with E-state index in [0.717, 1.165) is 0 Å². The van der Waals surface area contributed by atoms with Gasteiger partial charge in [0.15, 0.2) is 6.29 Å². The molecule has 0 bridgehead atoms. The second-order valence-corrected chi connectivity index (χ2v) is 4.44. The molecule has 21 heavy (non-hydrogen) atoms. The van der Waals surface area contributed by atoms with Crippen molar-refractivity contribution in [1.82, 2.24) is 9.78 Å². The van der Waals surface area contributed by atoms with Crippen LogP contribution in [0.1, 0.15) is 23.7 Å². The largest absolute Gasteiger partial charge is 0.298 e. The summed E-state index contributed by atoms with van der Waals surface area (Å²) in [4.78, 5) is 33.2. The molecule has 2 aromatic rings. The molecule has 1 heterocycles. The minimum atomic E-state index is -0.508. The Hall–Kier alpha value is -2.83. The SMILES string of the molecule is CCCn1nc(-c2cccc([N+](=O)[O-])c2)cc(C=O)c1=O. The number of hydrogen-bond acceptors (Lipinski definition) is 5. The second kappa shape index (κ2) is 6.08. The summed E-state index contributed by atoms with van der Waals surface area (Å²) in [6, 6.07) is 7.25. The van der Waals surface area contributed by atoms with Crippen LogP contribution in [0, 0.1) is 10.1 Å². The van der Waals surface area contributed by atoms with Gasteiger partial charge in [0.05, 0.1) is 16.2 Å². The highest BCUT2D eigenvalue weighted by Crippen LogP contribution is 2.21. The summed E-state index contributed by atoms with van der Waals surface area (Å²) >= 11 is 0. The Labute approximate surface area is 120 Å². The number of aromatic nitrogens is 2. The average Bonchev–Trinajstić information content (AvgIpc) is 2.49. The number of nitro benzene ring substituents is 1. The lowest BCUT2D eigenvalue weighted by Crippen LogP contribution is -2.26. The van der Waals surface area contributed by atoms with E-state index in [1.54, 1.807) is 6.07 Å². The third kappa shape index (κ3) is 3.02. The molecule has 0 atom stereocenters. The van der Waals surface area contributed by atoms with Crippen LogP contribution in [0.2, 0.25) is 0 Å². The quantitative estimate of drug-likeness (QED) is 0.476. The molecule has 0 aliphatic heterocycles. The topological polar surface area (TPSA) is 95.1 Å². The van der Waals surface area contributed by atoms with Gasteiger partial charge in [-0.15, -0.1) is 0 Å². The second-order valence-electron chi connectivity index (χ2n) is 4.44. The van der Waals surface area contributed by atoms with E-state index in [1.807, 2.05) is 6.92 Å². The fourth-order valence-corrected chi connectivity index (χ4v) is 1.93. The Morgan fingerprint density at radius 2 is 2.14 bits per heavy atom. The zero-order valence-corrected chi connectivity index (χ0v) is 11.4. The van der Waals surface area contributed by atoms with Gasteiger partial charge < -0.3 is 0 Å². The van der Waals surface area contributed by atoms with E-state index >= 15 is 0 Å². The van der Waals surface area contributed by atoms with Gasteiger partial charge in [-0.05, 0) is 12.5 Å². The third-order valence-electron chi connectivity index (χ3n) is 2.92. The number of aryl methyl sites for hydroxylation is 1. The molecule has 0 saturated carbocycles. The standard InChI is InChI=1S/C14H13N3O4/c1-2-6-16-14(19)11(9-18)8-13(15-16)10-4-3-5-12(7-10)17(20)21/h3-5,7-9H,2,6H2,1H3. The van der Waals surface area contributed by atoms with E-state index < -0.39 is 10.5 Å². The molecule has 2 rings (SSSR count). The first-order valence-electron chi connectivity index (χ1n) is 6.39. The molecule has 108 valence electrons. The number of nitrogens with zero attached hydrogens (tertiary/aromatic N) is 3. The number of benzene rings is 1. The number of non-ortho nitro benzene ring substituents is 1. The summed E-state index contributed by atoms with van der Waals surface area (Å²) < 4.78 is 1.21. The maximum atomic E-state index is 11.9. The average molecular weight is 287 g/mol. The first kappa shape index (κ1) is 14.6. The number of carbonyl (C=O) groups is 1. The van der Waals surface area contributed by atoms with Crippen LogP contribution in [0.3, 0.4) is 0 Å². The Bertz CT molecular complexity index is 752.